The molecule has 1 N–H and O–H groups in total. The van der Waals surface area contributed by atoms with Crippen LogP contribution in [0.1, 0.15) is 57.4 Å². The lowest BCUT2D eigenvalue weighted by atomic mass is 9.89. The van der Waals surface area contributed by atoms with E-state index >= 15 is 0 Å². The van der Waals surface area contributed by atoms with Crippen LogP contribution in [0.25, 0.3) is 0 Å². The van der Waals surface area contributed by atoms with Crippen LogP contribution in [0.4, 0.5) is 4.79 Å². The van der Waals surface area contributed by atoms with Crippen molar-refractivity contribution in [3.8, 4) is 0 Å². The monoisotopic (exact) mass is 346 g/mol. The number of carbonyl (C=O) groups is 1. The molecule has 1 aromatic heterocycles. The zero-order valence-electron chi connectivity index (χ0n) is 15.0. The molecule has 3 aliphatic rings. The first-order valence-corrected chi connectivity index (χ1v) is 9.97. The first kappa shape index (κ1) is 16.9. The number of nitrogens with one attached hydrogen (secondary N) is 1. The van der Waals surface area contributed by atoms with Gasteiger partial charge in [0, 0.05) is 32.1 Å². The van der Waals surface area contributed by atoms with Gasteiger partial charge in [-0.05, 0) is 50.5 Å². The molecule has 1 aromatic rings. The smallest absolute Gasteiger partial charge is 0.317 e. The van der Waals surface area contributed by atoms with Crippen molar-refractivity contribution in [2.45, 2.75) is 69.6 Å². The van der Waals surface area contributed by atoms with Crippen molar-refractivity contribution in [2.24, 2.45) is 5.92 Å². The highest BCUT2D eigenvalue weighted by molar-refractivity contribution is 5.74. The number of amides is 2. The Morgan fingerprint density at radius 3 is 2.64 bits per heavy atom. The lowest BCUT2D eigenvalue weighted by Gasteiger charge is -2.37. The van der Waals surface area contributed by atoms with Crippen LogP contribution in [0.2, 0.25) is 0 Å². The Morgan fingerprint density at radius 1 is 1.08 bits per heavy atom. The highest BCUT2D eigenvalue weighted by atomic mass is 16.5. The molecule has 0 radical (unpaired) electrons. The number of carbonyl (C=O) groups excluding carboxylic acids is 1. The van der Waals surface area contributed by atoms with E-state index in [0.717, 1.165) is 45.4 Å². The van der Waals surface area contributed by atoms with Gasteiger partial charge >= 0.3 is 6.03 Å². The number of urea groups is 1. The van der Waals surface area contributed by atoms with Crippen LogP contribution in [0.3, 0.4) is 0 Å². The summed E-state index contributed by atoms with van der Waals surface area (Å²) in [5.74, 6) is 0.637. The van der Waals surface area contributed by atoms with Crippen LogP contribution in [0.5, 0.6) is 0 Å². The number of piperidine rings is 1. The van der Waals surface area contributed by atoms with Gasteiger partial charge in [-0.1, -0.05) is 12.8 Å². The van der Waals surface area contributed by atoms with Crippen LogP contribution in [-0.2, 0) is 4.74 Å². The molecule has 3 atom stereocenters. The van der Waals surface area contributed by atoms with Crippen LogP contribution in [0.15, 0.2) is 18.5 Å². The van der Waals surface area contributed by atoms with Gasteiger partial charge in [0.25, 0.3) is 0 Å². The Hall–Kier alpha value is -1.56. The molecule has 2 amide bonds. The highest BCUT2D eigenvalue weighted by Gasteiger charge is 2.33. The van der Waals surface area contributed by atoms with E-state index < -0.39 is 0 Å². The number of hydrogen-bond acceptors (Lipinski definition) is 3. The number of ether oxygens (including phenoxy) is 1. The van der Waals surface area contributed by atoms with E-state index in [1.54, 1.807) is 0 Å². The fourth-order valence-corrected chi connectivity index (χ4v) is 4.77. The van der Waals surface area contributed by atoms with Gasteiger partial charge in [0.05, 0.1) is 18.2 Å². The molecule has 0 bridgehead atoms. The third-order valence-electron chi connectivity index (χ3n) is 6.22. The summed E-state index contributed by atoms with van der Waals surface area (Å²) in [5, 5.41) is 7.71. The first-order chi connectivity index (χ1) is 12.3. The van der Waals surface area contributed by atoms with Crippen LogP contribution >= 0.6 is 0 Å². The molecule has 138 valence electrons. The SMILES string of the molecule is O=C(N[C@@H]1CCCC[C@H]1n1cccn1)N1CCC([C@H]2CCCO2)CC1. The predicted octanol–water partition coefficient (Wildman–Crippen LogP) is 2.97. The number of likely N-dealkylation sites (tertiary alicyclic amines) is 1. The molecular formula is C19H30N4O2. The Kier molecular flexibility index (Phi) is 5.25. The molecule has 0 unspecified atom stereocenters. The molecule has 3 fully saturated rings. The number of hydrogen-bond donors (Lipinski definition) is 1. The lowest BCUT2D eigenvalue weighted by molar-refractivity contribution is 0.0367. The first-order valence-electron chi connectivity index (χ1n) is 9.97. The minimum atomic E-state index is 0.106. The average molecular weight is 346 g/mol. The van der Waals surface area contributed by atoms with Crippen molar-refractivity contribution in [3.63, 3.8) is 0 Å². The van der Waals surface area contributed by atoms with E-state index in [4.69, 9.17) is 4.74 Å². The molecule has 1 aliphatic carbocycles. The van der Waals surface area contributed by atoms with Crippen LogP contribution in [-0.4, -0.2) is 52.6 Å². The standard InChI is InChI=1S/C19H30N4O2/c24-19(22-12-8-15(9-13-22)18-7-3-14-25-18)21-16-5-1-2-6-17(16)23-11-4-10-20-23/h4,10-11,15-18H,1-3,5-9,12-14H2,(H,21,24)/t16-,17-,18-/m1/s1. The molecule has 6 heteroatoms. The summed E-state index contributed by atoms with van der Waals surface area (Å²) in [5.41, 5.74) is 0. The fraction of sp³-hybridized carbons (Fsp3) is 0.789. The Balaban J connectivity index is 1.30. The molecule has 2 saturated heterocycles. The van der Waals surface area contributed by atoms with E-state index in [-0.39, 0.29) is 18.1 Å². The number of rotatable bonds is 3. The maximum absolute atomic E-state index is 12.8. The molecular weight excluding hydrogens is 316 g/mol. The molecule has 2 aliphatic heterocycles. The van der Waals surface area contributed by atoms with Crippen molar-refractivity contribution in [1.29, 1.82) is 0 Å². The summed E-state index contributed by atoms with van der Waals surface area (Å²) < 4.78 is 7.86. The van der Waals surface area contributed by atoms with Gasteiger partial charge in [0.1, 0.15) is 0 Å². The maximum Gasteiger partial charge on any atom is 0.317 e. The second-order valence-electron chi connectivity index (χ2n) is 7.77. The van der Waals surface area contributed by atoms with E-state index in [0.29, 0.717) is 12.0 Å². The molecule has 4 rings (SSSR count). The third-order valence-corrected chi connectivity index (χ3v) is 6.22. The molecule has 0 spiro atoms. The second-order valence-corrected chi connectivity index (χ2v) is 7.77. The number of aromatic nitrogens is 2. The van der Waals surface area contributed by atoms with Gasteiger partial charge in [0.15, 0.2) is 0 Å². The highest BCUT2D eigenvalue weighted by Crippen LogP contribution is 2.30. The normalized spacial score (nSPS) is 31.2. The van der Waals surface area contributed by atoms with Crippen LogP contribution < -0.4 is 5.32 Å². The van der Waals surface area contributed by atoms with Gasteiger partial charge < -0.3 is 15.0 Å². The van der Waals surface area contributed by atoms with E-state index in [1.807, 2.05) is 28.0 Å². The van der Waals surface area contributed by atoms with Crippen molar-refractivity contribution in [1.82, 2.24) is 20.0 Å². The zero-order chi connectivity index (χ0) is 17.1. The summed E-state index contributed by atoms with van der Waals surface area (Å²) in [6.07, 6.45) is 13.4. The summed E-state index contributed by atoms with van der Waals surface area (Å²) in [7, 11) is 0. The Bertz CT molecular complexity index is 548. The van der Waals surface area contributed by atoms with Crippen LogP contribution in [0, 0.1) is 5.92 Å². The van der Waals surface area contributed by atoms with Gasteiger partial charge in [-0.3, -0.25) is 4.68 Å². The predicted molar refractivity (Wildman–Crippen MR) is 95.3 cm³/mol. The second kappa shape index (κ2) is 7.77. The van der Waals surface area contributed by atoms with Gasteiger partial charge in [0.2, 0.25) is 0 Å². The lowest BCUT2D eigenvalue weighted by Crippen LogP contribution is -2.51. The minimum Gasteiger partial charge on any atom is -0.378 e. The maximum atomic E-state index is 12.8. The summed E-state index contributed by atoms with van der Waals surface area (Å²) in [6.45, 7) is 2.63. The molecule has 0 aromatic carbocycles. The van der Waals surface area contributed by atoms with Crippen molar-refractivity contribution in [3.05, 3.63) is 18.5 Å². The van der Waals surface area contributed by atoms with Crippen molar-refractivity contribution < 1.29 is 9.53 Å². The Labute approximate surface area is 149 Å². The Morgan fingerprint density at radius 2 is 1.92 bits per heavy atom. The zero-order valence-corrected chi connectivity index (χ0v) is 15.0. The number of nitrogens with zero attached hydrogens (tertiary/aromatic N) is 3. The van der Waals surface area contributed by atoms with Crippen molar-refractivity contribution >= 4 is 6.03 Å². The molecule has 3 heterocycles. The summed E-state index contributed by atoms with van der Waals surface area (Å²) in [6, 6.07) is 2.55. The van der Waals surface area contributed by atoms with Crippen molar-refractivity contribution in [2.75, 3.05) is 19.7 Å². The average Bonchev–Trinajstić information content (AvgIpc) is 3.36. The van der Waals surface area contributed by atoms with Gasteiger partial charge in [-0.15, -0.1) is 0 Å². The quantitative estimate of drug-likeness (QED) is 0.915. The largest absolute Gasteiger partial charge is 0.378 e. The van der Waals surface area contributed by atoms with Gasteiger partial charge in [-0.25, -0.2) is 4.79 Å². The van der Waals surface area contributed by atoms with E-state index in [9.17, 15) is 4.79 Å². The summed E-state index contributed by atoms with van der Waals surface area (Å²) in [4.78, 5) is 14.8. The topological polar surface area (TPSA) is 59.4 Å². The minimum absolute atomic E-state index is 0.106. The molecule has 25 heavy (non-hydrogen) atoms. The third kappa shape index (κ3) is 3.84. The van der Waals surface area contributed by atoms with E-state index in [2.05, 4.69) is 10.4 Å². The van der Waals surface area contributed by atoms with E-state index in [1.165, 1.54) is 25.7 Å². The van der Waals surface area contributed by atoms with Gasteiger partial charge in [-0.2, -0.15) is 5.10 Å². The molecule has 1 saturated carbocycles. The molecule has 6 nitrogen and oxygen atoms in total. The summed E-state index contributed by atoms with van der Waals surface area (Å²) >= 11 is 0. The fourth-order valence-electron chi connectivity index (χ4n) is 4.77.